The average molecular weight is 524 g/mol. The van der Waals surface area contributed by atoms with Gasteiger partial charge in [-0.3, -0.25) is 14.4 Å². The molecule has 7 nitrogen and oxygen atoms in total. The van der Waals surface area contributed by atoms with Crippen LogP contribution in [-0.4, -0.2) is 43.3 Å². The number of halogens is 1. The van der Waals surface area contributed by atoms with E-state index in [1.807, 2.05) is 50.2 Å². The van der Waals surface area contributed by atoms with E-state index in [1.165, 1.54) is 4.90 Å². The number of ether oxygens (including phenoxy) is 1. The van der Waals surface area contributed by atoms with Gasteiger partial charge in [-0.05, 0) is 50.3 Å². The quantitative estimate of drug-likeness (QED) is 0.494. The lowest BCUT2D eigenvalue weighted by molar-refractivity contribution is -0.170. The molecular weight excluding hydrogens is 490 g/mol. The highest BCUT2D eigenvalue weighted by molar-refractivity contribution is 6.30. The number of likely N-dealkylation sites (N-methyl/N-ethyl adjacent to an activating group) is 1. The highest BCUT2D eigenvalue weighted by Crippen LogP contribution is 2.50. The smallest absolute Gasteiger partial charge is 0.312 e. The fourth-order valence-electron chi connectivity index (χ4n) is 5.27. The van der Waals surface area contributed by atoms with Gasteiger partial charge in [0.25, 0.3) is 5.91 Å². The molecule has 2 amide bonds. The molecule has 0 aromatic heterocycles. The molecule has 8 heteroatoms. The molecule has 2 aromatic rings. The molecule has 2 atom stereocenters. The normalized spacial score (nSPS) is 19.3. The summed E-state index contributed by atoms with van der Waals surface area (Å²) in [5.41, 5.74) is 1.96. The maximum Gasteiger partial charge on any atom is 0.312 e. The molecule has 2 unspecified atom stereocenters. The van der Waals surface area contributed by atoms with Crippen molar-refractivity contribution in [2.24, 2.45) is 22.2 Å². The molecule has 1 fully saturated rings. The number of carbonyl (C=O) groups excluding carboxylic acids is 3. The Balaban J connectivity index is 1.73. The van der Waals surface area contributed by atoms with Crippen molar-refractivity contribution in [1.29, 1.82) is 0 Å². The number of anilines is 1. The predicted octanol–water partition coefficient (Wildman–Crippen LogP) is 4.99. The van der Waals surface area contributed by atoms with E-state index in [1.54, 1.807) is 26.1 Å². The van der Waals surface area contributed by atoms with Gasteiger partial charge in [-0.2, -0.15) is 0 Å². The molecule has 0 saturated heterocycles. The van der Waals surface area contributed by atoms with Crippen LogP contribution in [0, 0.1) is 17.3 Å². The maximum atomic E-state index is 13.8. The molecule has 0 radical (unpaired) electrons. The standard InChI is InChI=1S/C29H34ClN3O4/c1-5-37-28(36)29(15-8-16-29)22(17-18(2)3)26(34)32-25-27(35)33(4)23-10-7-6-9-21(23)24(31-25)19-11-13-20(30)14-12-19/h6-7,9-14,18,22,25H,5,8,15-17H2,1-4H3,(H,32,34). The van der Waals surface area contributed by atoms with Gasteiger partial charge in [0.05, 0.1) is 29.3 Å². The third kappa shape index (κ3) is 5.28. The number of rotatable bonds is 8. The van der Waals surface area contributed by atoms with E-state index in [0.717, 1.165) is 17.5 Å². The highest BCUT2D eigenvalue weighted by Gasteiger charge is 2.54. The molecule has 2 aliphatic rings. The minimum atomic E-state index is -1.15. The summed E-state index contributed by atoms with van der Waals surface area (Å²) in [4.78, 5) is 46.8. The summed E-state index contributed by atoms with van der Waals surface area (Å²) < 4.78 is 5.40. The highest BCUT2D eigenvalue weighted by atomic mass is 35.5. The Hall–Kier alpha value is -3.19. The van der Waals surface area contributed by atoms with E-state index >= 15 is 0 Å². The third-order valence-electron chi connectivity index (χ3n) is 7.36. The Morgan fingerprint density at radius 3 is 2.43 bits per heavy atom. The summed E-state index contributed by atoms with van der Waals surface area (Å²) in [7, 11) is 1.68. The summed E-state index contributed by atoms with van der Waals surface area (Å²) in [5.74, 6) is -1.47. The molecule has 1 saturated carbocycles. The van der Waals surface area contributed by atoms with E-state index in [0.29, 0.717) is 35.7 Å². The fourth-order valence-corrected chi connectivity index (χ4v) is 5.40. The number of nitrogens with one attached hydrogen (secondary N) is 1. The van der Waals surface area contributed by atoms with Crippen molar-refractivity contribution in [1.82, 2.24) is 5.32 Å². The van der Waals surface area contributed by atoms with Crippen molar-refractivity contribution in [3.8, 4) is 0 Å². The van der Waals surface area contributed by atoms with Gasteiger partial charge in [-0.1, -0.05) is 62.2 Å². The zero-order valence-electron chi connectivity index (χ0n) is 21.8. The second-order valence-electron chi connectivity index (χ2n) is 10.2. The minimum Gasteiger partial charge on any atom is -0.466 e. The summed E-state index contributed by atoms with van der Waals surface area (Å²) in [5, 5.41) is 3.50. The van der Waals surface area contributed by atoms with Crippen LogP contribution in [0.5, 0.6) is 0 Å². The Morgan fingerprint density at radius 1 is 1.16 bits per heavy atom. The van der Waals surface area contributed by atoms with E-state index in [4.69, 9.17) is 21.3 Å². The van der Waals surface area contributed by atoms with Crippen molar-refractivity contribution < 1.29 is 19.1 Å². The van der Waals surface area contributed by atoms with Gasteiger partial charge in [-0.25, -0.2) is 4.99 Å². The van der Waals surface area contributed by atoms with E-state index in [-0.39, 0.29) is 30.3 Å². The zero-order valence-corrected chi connectivity index (χ0v) is 22.5. The van der Waals surface area contributed by atoms with Crippen LogP contribution < -0.4 is 10.2 Å². The lowest BCUT2D eigenvalue weighted by Gasteiger charge is -2.45. The predicted molar refractivity (Wildman–Crippen MR) is 145 cm³/mol. The SMILES string of the molecule is CCOC(=O)C1(C(CC(C)C)C(=O)NC2N=C(c3ccc(Cl)cc3)c3ccccc3N(C)C2=O)CCC1. The first-order valence-corrected chi connectivity index (χ1v) is 13.2. The van der Waals surface area contributed by atoms with Gasteiger partial charge in [-0.15, -0.1) is 0 Å². The Morgan fingerprint density at radius 2 is 1.84 bits per heavy atom. The summed E-state index contributed by atoms with van der Waals surface area (Å²) in [6.07, 6.45) is 1.42. The second-order valence-corrected chi connectivity index (χ2v) is 10.7. The molecule has 4 rings (SSSR count). The Bertz CT molecular complexity index is 1200. The van der Waals surface area contributed by atoms with Crippen LogP contribution in [0.25, 0.3) is 0 Å². The van der Waals surface area contributed by atoms with Crippen LogP contribution >= 0.6 is 11.6 Å². The van der Waals surface area contributed by atoms with Crippen molar-refractivity contribution in [2.45, 2.75) is 52.6 Å². The van der Waals surface area contributed by atoms with Crippen molar-refractivity contribution in [2.75, 3.05) is 18.6 Å². The van der Waals surface area contributed by atoms with E-state index in [2.05, 4.69) is 5.32 Å². The van der Waals surface area contributed by atoms with Gasteiger partial charge in [0.1, 0.15) is 0 Å². The number of fused-ring (bicyclic) bond motifs is 1. The molecule has 1 heterocycles. The lowest BCUT2D eigenvalue weighted by atomic mass is 9.59. The van der Waals surface area contributed by atoms with Crippen molar-refractivity contribution in [3.63, 3.8) is 0 Å². The van der Waals surface area contributed by atoms with Crippen molar-refractivity contribution >= 4 is 40.8 Å². The Labute approximate surface area is 223 Å². The second kappa shape index (κ2) is 11.1. The number of benzene rings is 2. The molecule has 2 aromatic carbocycles. The number of nitrogens with zero attached hydrogens (tertiary/aromatic N) is 2. The topological polar surface area (TPSA) is 88.1 Å². The molecule has 0 spiro atoms. The molecule has 1 N–H and O–H groups in total. The van der Waals surface area contributed by atoms with Crippen LogP contribution in [0.2, 0.25) is 5.02 Å². The number of esters is 1. The largest absolute Gasteiger partial charge is 0.466 e. The molecule has 196 valence electrons. The summed E-state index contributed by atoms with van der Waals surface area (Å²) >= 11 is 6.12. The van der Waals surface area contributed by atoms with Crippen LogP contribution in [0.4, 0.5) is 5.69 Å². The summed E-state index contributed by atoms with van der Waals surface area (Å²) in [6.45, 7) is 6.08. The van der Waals surface area contributed by atoms with Crippen LogP contribution in [0.3, 0.4) is 0 Å². The van der Waals surface area contributed by atoms with Gasteiger partial charge in [0.15, 0.2) is 0 Å². The van der Waals surface area contributed by atoms with Crippen LogP contribution in [0.15, 0.2) is 53.5 Å². The molecule has 37 heavy (non-hydrogen) atoms. The monoisotopic (exact) mass is 523 g/mol. The van der Waals surface area contributed by atoms with Crippen LogP contribution in [0.1, 0.15) is 57.6 Å². The number of amides is 2. The molecule has 1 aliphatic heterocycles. The Kier molecular flexibility index (Phi) is 8.02. The maximum absolute atomic E-state index is 13.8. The molecule has 0 bridgehead atoms. The first-order valence-electron chi connectivity index (χ1n) is 12.9. The lowest BCUT2D eigenvalue weighted by Crippen LogP contribution is -2.55. The van der Waals surface area contributed by atoms with Gasteiger partial charge >= 0.3 is 5.97 Å². The van der Waals surface area contributed by atoms with Gasteiger partial charge < -0.3 is 15.0 Å². The molecular formula is C29H34ClN3O4. The first kappa shape index (κ1) is 26.9. The number of carbonyl (C=O) groups is 3. The third-order valence-corrected chi connectivity index (χ3v) is 7.61. The number of benzodiazepines with no additional fused rings is 1. The number of para-hydroxylation sites is 1. The van der Waals surface area contributed by atoms with Gasteiger partial charge in [0, 0.05) is 23.2 Å². The first-order chi connectivity index (χ1) is 17.7. The summed E-state index contributed by atoms with van der Waals surface area (Å²) in [6, 6.07) is 14.7. The van der Waals surface area contributed by atoms with E-state index in [9.17, 15) is 14.4 Å². The van der Waals surface area contributed by atoms with E-state index < -0.39 is 17.5 Å². The molecule has 1 aliphatic carbocycles. The zero-order chi connectivity index (χ0) is 26.7. The number of hydrogen-bond acceptors (Lipinski definition) is 5. The van der Waals surface area contributed by atoms with Gasteiger partial charge in [0.2, 0.25) is 12.1 Å². The minimum absolute atomic E-state index is 0.174. The van der Waals surface area contributed by atoms with Crippen LogP contribution in [-0.2, 0) is 19.1 Å². The van der Waals surface area contributed by atoms with Crippen molar-refractivity contribution in [3.05, 3.63) is 64.7 Å². The number of aliphatic imine (C=N–C) groups is 1. The average Bonchev–Trinajstić information content (AvgIpc) is 2.94. The fraction of sp³-hybridized carbons (Fsp3) is 0.448. The number of hydrogen-bond donors (Lipinski definition) is 1.